The summed E-state index contributed by atoms with van der Waals surface area (Å²) in [6, 6.07) is 10.9. The number of fused-ring (bicyclic) bond motifs is 1. The third-order valence-electron chi connectivity index (χ3n) is 7.54. The number of aromatic nitrogens is 4. The van der Waals surface area contributed by atoms with Crippen LogP contribution in [0.3, 0.4) is 0 Å². The van der Waals surface area contributed by atoms with Crippen LogP contribution in [0.5, 0.6) is 0 Å². The Kier molecular flexibility index (Phi) is 7.91. The molecule has 1 fully saturated rings. The third-order valence-corrected chi connectivity index (χ3v) is 7.83. The van der Waals surface area contributed by atoms with Gasteiger partial charge < -0.3 is 9.80 Å². The van der Waals surface area contributed by atoms with Gasteiger partial charge in [-0.05, 0) is 43.5 Å². The Balaban J connectivity index is 1.83. The normalized spacial score (nSPS) is 15.5. The molecule has 4 heterocycles. The number of nitrogens with zero attached hydrogens (tertiary/aromatic N) is 6. The van der Waals surface area contributed by atoms with Gasteiger partial charge in [-0.1, -0.05) is 56.3 Å². The highest BCUT2D eigenvalue weighted by Gasteiger charge is 2.30. The molecule has 10 heteroatoms. The molecule has 41 heavy (non-hydrogen) atoms. The molecule has 1 atom stereocenters. The molecule has 0 spiro atoms. The first-order valence-electron chi connectivity index (χ1n) is 13.6. The fraction of sp³-hybridized carbons (Fsp3) is 0.323. The van der Waals surface area contributed by atoms with Crippen LogP contribution in [0, 0.1) is 6.92 Å². The number of benzene rings is 1. The molecule has 1 aliphatic rings. The Morgan fingerprint density at radius 2 is 1.98 bits per heavy atom. The Morgan fingerprint density at radius 1 is 1.22 bits per heavy atom. The Hall–Kier alpha value is -4.11. The lowest BCUT2D eigenvalue weighted by Gasteiger charge is -2.40. The number of pyridine rings is 2. The molecule has 4 aromatic rings. The van der Waals surface area contributed by atoms with E-state index in [4.69, 9.17) is 16.6 Å². The van der Waals surface area contributed by atoms with E-state index in [1.165, 1.54) is 10.6 Å². The summed E-state index contributed by atoms with van der Waals surface area (Å²) in [7, 11) is 0. The van der Waals surface area contributed by atoms with Crippen LogP contribution in [0.1, 0.15) is 43.5 Å². The SMILES string of the molecule is C=CC(=O)N1CCN(c2nc(=O)n(-c3c(CF)ccnc3C(C)C)c3nc(-c4ccccc4C)c(Cl)cc23)[C@@H](C)C1. The number of hydrogen-bond acceptors (Lipinski definition) is 6. The summed E-state index contributed by atoms with van der Waals surface area (Å²) >= 11 is 6.89. The molecular weight excluding hydrogens is 543 g/mol. The summed E-state index contributed by atoms with van der Waals surface area (Å²) in [4.78, 5) is 44.0. The molecule has 0 radical (unpaired) electrons. The van der Waals surface area contributed by atoms with Crippen molar-refractivity contribution in [1.82, 2.24) is 24.4 Å². The van der Waals surface area contributed by atoms with Gasteiger partial charge >= 0.3 is 5.69 Å². The number of anilines is 1. The second-order valence-electron chi connectivity index (χ2n) is 10.6. The molecule has 5 rings (SSSR count). The molecule has 8 nitrogen and oxygen atoms in total. The summed E-state index contributed by atoms with van der Waals surface area (Å²) in [6.45, 7) is 11.9. The van der Waals surface area contributed by atoms with Crippen molar-refractivity contribution in [2.45, 2.75) is 46.3 Å². The van der Waals surface area contributed by atoms with Gasteiger partial charge in [-0.3, -0.25) is 9.78 Å². The number of halogens is 2. The molecule has 0 aliphatic carbocycles. The topological polar surface area (TPSA) is 84.2 Å². The summed E-state index contributed by atoms with van der Waals surface area (Å²) in [5, 5.41) is 0.944. The highest BCUT2D eigenvalue weighted by atomic mass is 35.5. The molecule has 1 saturated heterocycles. The molecule has 3 aromatic heterocycles. The van der Waals surface area contributed by atoms with Crippen LogP contribution >= 0.6 is 11.6 Å². The highest BCUT2D eigenvalue weighted by molar-refractivity contribution is 6.34. The first kappa shape index (κ1) is 28.4. The van der Waals surface area contributed by atoms with Crippen molar-refractivity contribution in [2.24, 2.45) is 0 Å². The van der Waals surface area contributed by atoms with Gasteiger partial charge in [0.1, 0.15) is 12.5 Å². The number of carbonyl (C=O) groups excluding carboxylic acids is 1. The zero-order valence-corrected chi connectivity index (χ0v) is 24.3. The van der Waals surface area contributed by atoms with Gasteiger partial charge in [-0.15, -0.1) is 0 Å². The van der Waals surface area contributed by atoms with Gasteiger partial charge in [0.25, 0.3) is 0 Å². The van der Waals surface area contributed by atoms with Crippen LogP contribution in [0.4, 0.5) is 10.2 Å². The molecule has 0 bridgehead atoms. The van der Waals surface area contributed by atoms with E-state index in [0.717, 1.165) is 11.1 Å². The number of piperazine rings is 1. The molecule has 1 aliphatic heterocycles. The van der Waals surface area contributed by atoms with Gasteiger partial charge in [0.05, 0.1) is 27.5 Å². The van der Waals surface area contributed by atoms with E-state index in [0.29, 0.717) is 64.1 Å². The zero-order valence-electron chi connectivity index (χ0n) is 23.6. The Labute approximate surface area is 243 Å². The average molecular weight is 575 g/mol. The summed E-state index contributed by atoms with van der Waals surface area (Å²) in [5.41, 5.74) is 3.24. The van der Waals surface area contributed by atoms with Crippen molar-refractivity contribution in [3.8, 4) is 16.9 Å². The molecule has 1 amide bonds. The van der Waals surface area contributed by atoms with E-state index >= 15 is 0 Å². The van der Waals surface area contributed by atoms with E-state index in [1.807, 2.05) is 56.9 Å². The number of carbonyl (C=O) groups is 1. The van der Waals surface area contributed by atoms with Gasteiger partial charge in [0.15, 0.2) is 5.65 Å². The van der Waals surface area contributed by atoms with Crippen molar-refractivity contribution in [3.63, 3.8) is 0 Å². The quantitative estimate of drug-likeness (QED) is 0.278. The minimum atomic E-state index is -0.790. The van der Waals surface area contributed by atoms with E-state index < -0.39 is 12.4 Å². The third kappa shape index (κ3) is 5.10. The minimum absolute atomic E-state index is 0.100. The predicted octanol–water partition coefficient (Wildman–Crippen LogP) is 5.62. The summed E-state index contributed by atoms with van der Waals surface area (Å²) in [6.07, 6.45) is 2.86. The average Bonchev–Trinajstić information content (AvgIpc) is 2.96. The minimum Gasteiger partial charge on any atom is -0.350 e. The van der Waals surface area contributed by atoms with Gasteiger partial charge in [-0.2, -0.15) is 4.98 Å². The first-order valence-corrected chi connectivity index (χ1v) is 13.9. The van der Waals surface area contributed by atoms with Crippen molar-refractivity contribution in [2.75, 3.05) is 24.5 Å². The van der Waals surface area contributed by atoms with Crippen LogP contribution in [-0.4, -0.2) is 56.0 Å². The molecule has 0 unspecified atom stereocenters. The summed E-state index contributed by atoms with van der Waals surface area (Å²) in [5.74, 6) is 0.174. The Bertz CT molecular complexity index is 1720. The van der Waals surface area contributed by atoms with Crippen molar-refractivity contribution >= 4 is 34.4 Å². The zero-order chi connectivity index (χ0) is 29.4. The van der Waals surface area contributed by atoms with Gasteiger partial charge in [-0.25, -0.2) is 18.7 Å². The Morgan fingerprint density at radius 3 is 2.63 bits per heavy atom. The number of alkyl halides is 1. The molecule has 0 saturated carbocycles. The van der Waals surface area contributed by atoms with Crippen LogP contribution in [0.2, 0.25) is 5.02 Å². The monoisotopic (exact) mass is 574 g/mol. The summed E-state index contributed by atoms with van der Waals surface area (Å²) < 4.78 is 15.8. The predicted molar refractivity (Wildman–Crippen MR) is 161 cm³/mol. The highest BCUT2D eigenvalue weighted by Crippen LogP contribution is 2.36. The number of amides is 1. The van der Waals surface area contributed by atoms with Crippen molar-refractivity contribution < 1.29 is 9.18 Å². The second kappa shape index (κ2) is 11.4. The van der Waals surface area contributed by atoms with Gasteiger partial charge in [0.2, 0.25) is 5.91 Å². The number of hydrogen-bond donors (Lipinski definition) is 0. The second-order valence-corrected chi connectivity index (χ2v) is 11.0. The molecular formula is C31H32ClFN6O2. The maximum Gasteiger partial charge on any atom is 0.355 e. The number of rotatable bonds is 6. The van der Waals surface area contributed by atoms with E-state index in [2.05, 4.69) is 16.5 Å². The van der Waals surface area contributed by atoms with E-state index in [-0.39, 0.29) is 17.9 Å². The fourth-order valence-electron chi connectivity index (χ4n) is 5.46. The van der Waals surface area contributed by atoms with Crippen molar-refractivity contribution in [1.29, 1.82) is 0 Å². The van der Waals surface area contributed by atoms with E-state index in [1.54, 1.807) is 23.2 Å². The van der Waals surface area contributed by atoms with Crippen LogP contribution in [-0.2, 0) is 11.5 Å². The lowest BCUT2D eigenvalue weighted by Crippen LogP contribution is -2.54. The van der Waals surface area contributed by atoms with Crippen LogP contribution in [0.15, 0.2) is 60.0 Å². The largest absolute Gasteiger partial charge is 0.355 e. The maximum absolute atomic E-state index is 14.4. The number of aryl methyl sites for hydroxylation is 1. The van der Waals surface area contributed by atoms with Crippen molar-refractivity contribution in [3.05, 3.63) is 87.6 Å². The lowest BCUT2D eigenvalue weighted by molar-refractivity contribution is -0.126. The van der Waals surface area contributed by atoms with Crippen LogP contribution < -0.4 is 10.6 Å². The van der Waals surface area contributed by atoms with Gasteiger partial charge in [0, 0.05) is 43.0 Å². The van der Waals surface area contributed by atoms with Crippen LogP contribution in [0.25, 0.3) is 28.0 Å². The maximum atomic E-state index is 14.4. The molecule has 0 N–H and O–H groups in total. The lowest BCUT2D eigenvalue weighted by atomic mass is 10.0. The fourth-order valence-corrected chi connectivity index (χ4v) is 5.71. The molecule has 212 valence electrons. The standard InChI is InChI=1S/C31H32ClFN6O2/c1-6-25(40)37-13-14-38(20(5)17-37)29-23-15-24(32)27(22-10-8-7-9-19(22)4)35-30(23)39(31(41)36-29)28-21(16-33)11-12-34-26(28)18(2)3/h6-12,15,18,20H,1,13-14,16-17H2,2-5H3/t20-/m0/s1. The smallest absolute Gasteiger partial charge is 0.350 e. The van der Waals surface area contributed by atoms with E-state index in [9.17, 15) is 14.0 Å². The first-order chi connectivity index (χ1) is 19.7. The molecule has 1 aromatic carbocycles.